The quantitative estimate of drug-likeness (QED) is 0.110. The lowest BCUT2D eigenvalue weighted by Gasteiger charge is -2.45. The van der Waals surface area contributed by atoms with Crippen molar-refractivity contribution in [1.29, 1.82) is 0 Å². The molecule has 6 rings (SSSR count). The molecule has 2 aromatic carbocycles. The number of ether oxygens (including phenoxy) is 6. The molecule has 0 saturated carbocycles. The molecule has 0 radical (unpaired) electrons. The zero-order valence-electron chi connectivity index (χ0n) is 27.5. The molecular weight excluding hydrogens is 700 g/mol. The Labute approximate surface area is 293 Å². The monoisotopic (exact) mass is 740 g/mol. The van der Waals surface area contributed by atoms with Crippen LogP contribution in [0.1, 0.15) is 13.8 Å². The number of aliphatic hydroxyl groups excluding tert-OH is 9. The van der Waals surface area contributed by atoms with Gasteiger partial charge >= 0.3 is 0 Å². The van der Waals surface area contributed by atoms with Crippen LogP contribution >= 0.6 is 0 Å². The third-order valence-electron chi connectivity index (χ3n) is 9.25. The first kappa shape index (κ1) is 38.1. The molecule has 1 aromatic heterocycles. The van der Waals surface area contributed by atoms with E-state index in [1.54, 1.807) is 0 Å². The summed E-state index contributed by atoms with van der Waals surface area (Å²) in [5, 5.41) is 114. The van der Waals surface area contributed by atoms with E-state index in [-0.39, 0.29) is 28.4 Å². The summed E-state index contributed by atoms with van der Waals surface area (Å²) in [7, 11) is 0. The Bertz CT molecular complexity index is 1760. The van der Waals surface area contributed by atoms with Gasteiger partial charge in [-0.05, 0) is 38.1 Å². The first-order chi connectivity index (χ1) is 24.6. The predicted octanol–water partition coefficient (Wildman–Crippen LogP) is -2.89. The Kier molecular flexibility index (Phi) is 11.0. The molecule has 0 spiro atoms. The minimum Gasteiger partial charge on any atom is -0.508 e. The van der Waals surface area contributed by atoms with E-state index in [0.717, 1.165) is 6.07 Å². The average molecular weight is 741 g/mol. The fourth-order valence-electron chi connectivity index (χ4n) is 6.19. The van der Waals surface area contributed by atoms with Crippen molar-refractivity contribution in [1.82, 2.24) is 0 Å². The zero-order valence-corrected chi connectivity index (χ0v) is 27.5. The molecule has 3 aliphatic rings. The number of benzene rings is 2. The minimum absolute atomic E-state index is 0.141. The third-order valence-corrected chi connectivity index (χ3v) is 9.25. The van der Waals surface area contributed by atoms with Crippen LogP contribution in [0.25, 0.3) is 22.3 Å². The second kappa shape index (κ2) is 15.0. The second-order valence-electron chi connectivity index (χ2n) is 12.9. The summed E-state index contributed by atoms with van der Waals surface area (Å²) in [5.41, 5.74) is -1.11. The smallest absolute Gasteiger partial charge is 0.239 e. The molecule has 19 nitrogen and oxygen atoms in total. The summed E-state index contributed by atoms with van der Waals surface area (Å²) in [6.07, 6.45) is -23.9. The first-order valence-corrected chi connectivity index (χ1v) is 16.2. The molecule has 3 aliphatic heterocycles. The molecule has 3 fully saturated rings. The van der Waals surface area contributed by atoms with Crippen LogP contribution in [0.15, 0.2) is 45.6 Å². The van der Waals surface area contributed by atoms with E-state index in [2.05, 4.69) is 0 Å². The molecule has 0 unspecified atom stereocenters. The maximum atomic E-state index is 14.1. The van der Waals surface area contributed by atoms with Gasteiger partial charge in [-0.1, -0.05) is 0 Å². The summed E-state index contributed by atoms with van der Waals surface area (Å²) in [6, 6.07) is 7.45. The van der Waals surface area contributed by atoms with Crippen LogP contribution in [-0.4, -0.2) is 155 Å². The Hall–Kier alpha value is -3.67. The van der Waals surface area contributed by atoms with Crippen molar-refractivity contribution >= 4 is 11.0 Å². The summed E-state index contributed by atoms with van der Waals surface area (Å²) in [6.45, 7) is 2.05. The number of rotatable bonds is 8. The molecule has 286 valence electrons. The van der Waals surface area contributed by atoms with E-state index in [0.29, 0.717) is 0 Å². The number of fused-ring (bicyclic) bond motifs is 1. The van der Waals surface area contributed by atoms with E-state index >= 15 is 0 Å². The van der Waals surface area contributed by atoms with Gasteiger partial charge in [0, 0.05) is 17.7 Å². The fourth-order valence-corrected chi connectivity index (χ4v) is 6.19. The zero-order chi connectivity index (χ0) is 37.8. The van der Waals surface area contributed by atoms with Gasteiger partial charge in [-0.15, -0.1) is 0 Å². The summed E-state index contributed by atoms with van der Waals surface area (Å²) >= 11 is 0. The standard InChI is InChI=1S/C33H40O19/c1-10-19(37)23(41)25(43)31(46-10)48-14-7-15(36)18-16(8-14)49-28(12-3-5-13(35)6-4-12)30(22(18)40)52-33-27(45)29(20(38)11(2)47-33)51-32-26(44)24(42)21(39)17(9-34)50-32/h3-8,10-11,17,19-21,23-27,29,31-39,41-45H,9H2,1-2H3/t10-,11-,17+,19-,20-,21+,23-,24-,25+,26+,27-,29+,31-,32-,33-/m0/s1. The van der Waals surface area contributed by atoms with Gasteiger partial charge < -0.3 is 89.0 Å². The third kappa shape index (κ3) is 7.03. The van der Waals surface area contributed by atoms with Crippen molar-refractivity contribution in [2.75, 3.05) is 6.61 Å². The maximum absolute atomic E-state index is 14.1. The average Bonchev–Trinajstić information content (AvgIpc) is 3.11. The molecule has 3 saturated heterocycles. The highest BCUT2D eigenvalue weighted by molar-refractivity contribution is 5.88. The topological polar surface area (TPSA) is 308 Å². The van der Waals surface area contributed by atoms with Crippen molar-refractivity contribution in [3.05, 3.63) is 46.6 Å². The molecule has 0 amide bonds. The highest BCUT2D eigenvalue weighted by Gasteiger charge is 2.51. The van der Waals surface area contributed by atoms with Crippen LogP contribution in [0.2, 0.25) is 0 Å². The van der Waals surface area contributed by atoms with E-state index in [9.17, 15) is 61.0 Å². The normalized spacial score (nSPS) is 38.2. The van der Waals surface area contributed by atoms with Gasteiger partial charge in [0.2, 0.25) is 23.8 Å². The molecular formula is C33H40O19. The van der Waals surface area contributed by atoms with Gasteiger partial charge in [0.05, 0.1) is 18.8 Å². The van der Waals surface area contributed by atoms with Crippen LogP contribution in [0.4, 0.5) is 0 Å². The highest BCUT2D eigenvalue weighted by Crippen LogP contribution is 2.39. The molecule has 4 heterocycles. The number of aromatic hydroxyl groups is 2. The van der Waals surface area contributed by atoms with Crippen LogP contribution in [0, 0.1) is 0 Å². The van der Waals surface area contributed by atoms with Crippen molar-refractivity contribution in [3.63, 3.8) is 0 Å². The van der Waals surface area contributed by atoms with E-state index in [1.807, 2.05) is 0 Å². The number of aliphatic hydroxyl groups is 9. The summed E-state index contributed by atoms with van der Waals surface area (Å²) in [4.78, 5) is 14.1. The fraction of sp³-hybridized carbons (Fsp3) is 0.545. The van der Waals surface area contributed by atoms with Gasteiger partial charge in [-0.2, -0.15) is 0 Å². The van der Waals surface area contributed by atoms with Crippen LogP contribution < -0.4 is 14.9 Å². The highest BCUT2D eigenvalue weighted by atomic mass is 16.7. The number of phenolic OH excluding ortho intramolecular Hbond substituents is 2. The molecule has 0 bridgehead atoms. The van der Waals surface area contributed by atoms with Crippen LogP contribution in [-0.2, 0) is 18.9 Å². The van der Waals surface area contributed by atoms with Crippen molar-refractivity contribution in [2.24, 2.45) is 0 Å². The number of hydrogen-bond donors (Lipinski definition) is 11. The minimum atomic E-state index is -1.94. The lowest BCUT2D eigenvalue weighted by molar-refractivity contribution is -0.350. The Morgan fingerprint density at radius 3 is 1.92 bits per heavy atom. The largest absolute Gasteiger partial charge is 0.508 e. The number of hydrogen-bond acceptors (Lipinski definition) is 19. The Morgan fingerprint density at radius 1 is 0.673 bits per heavy atom. The molecule has 11 N–H and O–H groups in total. The SMILES string of the molecule is C[C@@H]1O[C@@H](Oc2cc(O)c3c(=O)c(O[C@@H]4O[C@@H](C)[C@H](O)[C@@H](O[C@@H]5O[C@H](CO)[C@@H](O)[C@H](O)[C@H]5O)[C@@H]4O)c(-c4ccc(O)cc4)oc3c2)[C@H](O)[C@@H](O)[C@H]1O. The van der Waals surface area contributed by atoms with Crippen molar-refractivity contribution < 1.29 is 89.0 Å². The van der Waals surface area contributed by atoms with E-state index < -0.39 is 121 Å². The summed E-state index contributed by atoms with van der Waals surface area (Å²) < 4.78 is 39.7. The Morgan fingerprint density at radius 2 is 1.27 bits per heavy atom. The van der Waals surface area contributed by atoms with Crippen molar-refractivity contribution in [2.45, 2.75) is 106 Å². The molecule has 52 heavy (non-hydrogen) atoms. The van der Waals surface area contributed by atoms with Gasteiger partial charge in [0.15, 0.2) is 12.1 Å². The van der Waals surface area contributed by atoms with Crippen LogP contribution in [0.5, 0.6) is 23.0 Å². The molecule has 15 atom stereocenters. The molecule has 0 aliphatic carbocycles. The van der Waals surface area contributed by atoms with E-state index in [1.165, 1.54) is 44.2 Å². The summed E-state index contributed by atoms with van der Waals surface area (Å²) in [5.74, 6) is -1.92. The number of phenols is 2. The van der Waals surface area contributed by atoms with Gasteiger partial charge in [0.1, 0.15) is 89.3 Å². The lowest BCUT2D eigenvalue weighted by Crippen LogP contribution is -2.64. The predicted molar refractivity (Wildman–Crippen MR) is 170 cm³/mol. The molecule has 3 aromatic rings. The first-order valence-electron chi connectivity index (χ1n) is 16.2. The maximum Gasteiger partial charge on any atom is 0.239 e. The lowest BCUT2D eigenvalue weighted by atomic mass is 9.97. The van der Waals surface area contributed by atoms with Crippen LogP contribution in [0.3, 0.4) is 0 Å². The molecule has 19 heteroatoms. The van der Waals surface area contributed by atoms with E-state index in [4.69, 9.17) is 32.8 Å². The van der Waals surface area contributed by atoms with Gasteiger partial charge in [0.25, 0.3) is 0 Å². The second-order valence-corrected chi connectivity index (χ2v) is 12.9. The van der Waals surface area contributed by atoms with Gasteiger partial charge in [-0.25, -0.2) is 0 Å². The Balaban J connectivity index is 1.35. The van der Waals surface area contributed by atoms with Crippen molar-refractivity contribution in [3.8, 4) is 34.3 Å². The van der Waals surface area contributed by atoms with Gasteiger partial charge in [-0.3, -0.25) is 4.79 Å².